The van der Waals surface area contributed by atoms with Crippen molar-refractivity contribution in [2.75, 3.05) is 13.7 Å². The number of carbonyl (C=O) groups excluding carboxylic acids is 1. The zero-order valence-corrected chi connectivity index (χ0v) is 15.3. The van der Waals surface area contributed by atoms with E-state index in [1.165, 1.54) is 25.5 Å². The number of nitrogens with one attached hydrogen (secondary N) is 1. The summed E-state index contributed by atoms with van der Waals surface area (Å²) in [4.78, 5) is 22.1. The molecule has 0 spiro atoms. The summed E-state index contributed by atoms with van der Waals surface area (Å²) in [5.41, 5.74) is 2.56. The van der Waals surface area contributed by atoms with Crippen molar-refractivity contribution in [1.82, 2.24) is 5.43 Å². The van der Waals surface area contributed by atoms with Gasteiger partial charge in [0.25, 0.3) is 5.91 Å². The van der Waals surface area contributed by atoms with E-state index >= 15 is 0 Å². The fourth-order valence-corrected chi connectivity index (χ4v) is 2.18. The summed E-state index contributed by atoms with van der Waals surface area (Å²) >= 11 is 2.17. The number of carbonyl (C=O) groups is 1. The lowest BCUT2D eigenvalue weighted by atomic mass is 10.2. The highest BCUT2D eigenvalue weighted by Crippen LogP contribution is 2.26. The zero-order valence-electron chi connectivity index (χ0n) is 13.1. The standard InChI is InChI=1S/C16H14IN3O5/c1-24-15-7-2-11(8-14(15)20(22)23)9-18-19-16(21)10-25-13-5-3-12(17)4-6-13/h2-9H,10H2,1H3,(H,19,21)/b18-9-. The Hall–Kier alpha value is -2.69. The number of benzene rings is 2. The largest absolute Gasteiger partial charge is 0.490 e. The maximum Gasteiger partial charge on any atom is 0.311 e. The molecule has 0 saturated carbocycles. The van der Waals surface area contributed by atoms with Gasteiger partial charge in [0, 0.05) is 15.2 Å². The van der Waals surface area contributed by atoms with Gasteiger partial charge in [-0.1, -0.05) is 0 Å². The minimum Gasteiger partial charge on any atom is -0.490 e. The Labute approximate surface area is 157 Å². The second-order valence-electron chi connectivity index (χ2n) is 4.72. The van der Waals surface area contributed by atoms with E-state index in [-0.39, 0.29) is 18.0 Å². The third kappa shape index (κ3) is 5.71. The molecule has 1 N–H and O–H groups in total. The number of nitro groups is 1. The Morgan fingerprint density at radius 3 is 2.68 bits per heavy atom. The Morgan fingerprint density at radius 2 is 2.04 bits per heavy atom. The average Bonchev–Trinajstić information content (AvgIpc) is 2.61. The van der Waals surface area contributed by atoms with Crippen molar-refractivity contribution in [3.63, 3.8) is 0 Å². The minimum atomic E-state index is -0.552. The second kappa shape index (κ2) is 8.97. The smallest absolute Gasteiger partial charge is 0.311 e. The van der Waals surface area contributed by atoms with Crippen LogP contribution in [0.5, 0.6) is 11.5 Å². The van der Waals surface area contributed by atoms with Gasteiger partial charge in [-0.15, -0.1) is 0 Å². The number of hydrogen-bond donors (Lipinski definition) is 1. The highest BCUT2D eigenvalue weighted by atomic mass is 127. The van der Waals surface area contributed by atoms with Gasteiger partial charge in [0.15, 0.2) is 12.4 Å². The Morgan fingerprint density at radius 1 is 1.32 bits per heavy atom. The molecule has 0 heterocycles. The molecule has 0 aliphatic carbocycles. The van der Waals surface area contributed by atoms with E-state index in [0.29, 0.717) is 11.3 Å². The first-order chi connectivity index (χ1) is 12.0. The van der Waals surface area contributed by atoms with Crippen LogP contribution in [0.4, 0.5) is 5.69 Å². The molecule has 2 aromatic carbocycles. The first-order valence-corrected chi connectivity index (χ1v) is 8.10. The van der Waals surface area contributed by atoms with Crippen LogP contribution in [-0.4, -0.2) is 30.8 Å². The third-order valence-corrected chi connectivity index (χ3v) is 3.71. The van der Waals surface area contributed by atoms with E-state index in [1.807, 2.05) is 12.1 Å². The van der Waals surface area contributed by atoms with Crippen LogP contribution in [0.2, 0.25) is 0 Å². The molecule has 0 aliphatic rings. The van der Waals surface area contributed by atoms with E-state index in [0.717, 1.165) is 3.57 Å². The van der Waals surface area contributed by atoms with E-state index in [2.05, 4.69) is 33.1 Å². The number of hydrogen-bond acceptors (Lipinski definition) is 6. The molecule has 0 radical (unpaired) electrons. The van der Waals surface area contributed by atoms with E-state index in [9.17, 15) is 14.9 Å². The second-order valence-corrected chi connectivity index (χ2v) is 5.97. The molecule has 0 aliphatic heterocycles. The fourth-order valence-electron chi connectivity index (χ4n) is 1.82. The molecule has 0 saturated heterocycles. The van der Waals surface area contributed by atoms with Crippen LogP contribution in [0, 0.1) is 13.7 Å². The monoisotopic (exact) mass is 455 g/mol. The number of amides is 1. The molecule has 0 unspecified atom stereocenters. The van der Waals surface area contributed by atoms with Gasteiger partial charge >= 0.3 is 5.69 Å². The number of methoxy groups -OCH3 is 1. The van der Waals surface area contributed by atoms with Crippen LogP contribution >= 0.6 is 22.6 Å². The van der Waals surface area contributed by atoms with Gasteiger partial charge in [-0.3, -0.25) is 14.9 Å². The van der Waals surface area contributed by atoms with Gasteiger partial charge in [-0.25, -0.2) is 5.43 Å². The van der Waals surface area contributed by atoms with Gasteiger partial charge in [-0.2, -0.15) is 5.10 Å². The predicted molar refractivity (Wildman–Crippen MR) is 100 cm³/mol. The number of ether oxygens (including phenoxy) is 2. The van der Waals surface area contributed by atoms with E-state index in [4.69, 9.17) is 9.47 Å². The average molecular weight is 455 g/mol. The molecule has 130 valence electrons. The van der Waals surface area contributed by atoms with Crippen molar-refractivity contribution >= 4 is 40.4 Å². The first-order valence-electron chi connectivity index (χ1n) is 7.02. The Bertz CT molecular complexity index is 793. The Balaban J connectivity index is 1.89. The van der Waals surface area contributed by atoms with Gasteiger partial charge in [0.05, 0.1) is 18.2 Å². The van der Waals surface area contributed by atoms with Crippen molar-refractivity contribution in [2.24, 2.45) is 5.10 Å². The van der Waals surface area contributed by atoms with Crippen LogP contribution in [0.25, 0.3) is 0 Å². The summed E-state index contributed by atoms with van der Waals surface area (Å²) in [7, 11) is 1.35. The number of hydrazone groups is 1. The lowest BCUT2D eigenvalue weighted by molar-refractivity contribution is -0.385. The summed E-state index contributed by atoms with van der Waals surface area (Å²) in [6.07, 6.45) is 1.30. The lowest BCUT2D eigenvalue weighted by Crippen LogP contribution is -2.24. The molecule has 2 rings (SSSR count). The van der Waals surface area contributed by atoms with E-state index < -0.39 is 10.8 Å². The molecule has 0 bridgehead atoms. The summed E-state index contributed by atoms with van der Waals surface area (Å²) < 4.78 is 11.3. The molecule has 1 amide bonds. The maximum absolute atomic E-state index is 11.7. The van der Waals surface area contributed by atoms with Gasteiger partial charge in [0.1, 0.15) is 5.75 Å². The lowest BCUT2D eigenvalue weighted by Gasteiger charge is -2.05. The van der Waals surface area contributed by atoms with Crippen LogP contribution in [0.3, 0.4) is 0 Å². The molecular formula is C16H14IN3O5. The minimum absolute atomic E-state index is 0.150. The summed E-state index contributed by atoms with van der Waals surface area (Å²) in [5, 5.41) is 14.7. The highest BCUT2D eigenvalue weighted by Gasteiger charge is 2.14. The van der Waals surface area contributed by atoms with E-state index in [1.54, 1.807) is 18.2 Å². The number of halogens is 1. The number of rotatable bonds is 7. The van der Waals surface area contributed by atoms with Crippen molar-refractivity contribution in [3.8, 4) is 11.5 Å². The van der Waals surface area contributed by atoms with Crippen molar-refractivity contribution in [1.29, 1.82) is 0 Å². The molecule has 0 aromatic heterocycles. The van der Waals surface area contributed by atoms with Crippen molar-refractivity contribution < 1.29 is 19.2 Å². The van der Waals surface area contributed by atoms with Crippen molar-refractivity contribution in [2.45, 2.75) is 0 Å². The van der Waals surface area contributed by atoms with Crippen molar-refractivity contribution in [3.05, 3.63) is 61.7 Å². The van der Waals surface area contributed by atoms with Crippen LogP contribution in [0.1, 0.15) is 5.56 Å². The summed E-state index contributed by atoms with van der Waals surface area (Å²) in [5.74, 6) is 0.278. The molecule has 8 nitrogen and oxygen atoms in total. The van der Waals surface area contributed by atoms with Gasteiger partial charge < -0.3 is 9.47 Å². The quantitative estimate of drug-likeness (QED) is 0.300. The molecule has 0 atom stereocenters. The SMILES string of the molecule is COc1ccc(/C=N\NC(=O)COc2ccc(I)cc2)cc1[N+](=O)[O-]. The summed E-state index contributed by atoms with van der Waals surface area (Å²) in [6.45, 7) is -0.194. The molecule has 0 fully saturated rings. The zero-order chi connectivity index (χ0) is 18.2. The number of nitrogens with zero attached hydrogens (tertiary/aromatic N) is 2. The molecule has 2 aromatic rings. The molecule has 9 heteroatoms. The molecule has 25 heavy (non-hydrogen) atoms. The van der Waals surface area contributed by atoms with Gasteiger partial charge in [0.2, 0.25) is 0 Å². The highest BCUT2D eigenvalue weighted by molar-refractivity contribution is 14.1. The predicted octanol–water partition coefficient (Wildman–Crippen LogP) is 2.74. The first kappa shape index (κ1) is 18.6. The Kier molecular flexibility index (Phi) is 6.69. The number of nitro benzene ring substituents is 1. The summed E-state index contributed by atoms with van der Waals surface area (Å²) in [6, 6.07) is 11.6. The third-order valence-electron chi connectivity index (χ3n) is 2.99. The van der Waals surface area contributed by atoms with Crippen LogP contribution in [-0.2, 0) is 4.79 Å². The molecular weight excluding hydrogens is 441 g/mol. The van der Waals surface area contributed by atoms with Gasteiger partial charge in [-0.05, 0) is 59.0 Å². The topological polar surface area (TPSA) is 103 Å². The van der Waals surface area contributed by atoms with Crippen LogP contribution < -0.4 is 14.9 Å². The maximum atomic E-state index is 11.7. The fraction of sp³-hybridized carbons (Fsp3) is 0.125. The van der Waals surface area contributed by atoms with Crippen LogP contribution in [0.15, 0.2) is 47.6 Å². The normalized spacial score (nSPS) is 10.5.